The van der Waals surface area contributed by atoms with Crippen molar-refractivity contribution < 1.29 is 0 Å². The van der Waals surface area contributed by atoms with E-state index in [1.807, 2.05) is 31.3 Å². The van der Waals surface area contributed by atoms with Crippen LogP contribution in [0.2, 0.25) is 0 Å². The van der Waals surface area contributed by atoms with Crippen molar-refractivity contribution in [2.24, 2.45) is 0 Å². The molecule has 0 unspecified atom stereocenters. The molecule has 0 aliphatic heterocycles. The summed E-state index contributed by atoms with van der Waals surface area (Å²) in [5.41, 5.74) is 1.30. The van der Waals surface area contributed by atoms with Gasteiger partial charge in [0, 0.05) is 26.5 Å². The topological polar surface area (TPSA) is 39.9 Å². The first kappa shape index (κ1) is 9.27. The van der Waals surface area contributed by atoms with E-state index in [1.165, 1.54) is 0 Å². The first-order valence-corrected chi connectivity index (χ1v) is 3.94. The van der Waals surface area contributed by atoms with E-state index in [4.69, 9.17) is 5.26 Å². The van der Waals surface area contributed by atoms with E-state index in [2.05, 4.69) is 11.1 Å². The van der Waals surface area contributed by atoms with Gasteiger partial charge in [-0.1, -0.05) is 0 Å². The van der Waals surface area contributed by atoms with Gasteiger partial charge in [0.1, 0.15) is 6.07 Å². The molecule has 0 saturated carbocycles. The van der Waals surface area contributed by atoms with Crippen molar-refractivity contribution in [1.29, 1.82) is 5.26 Å². The Kier molecular flexibility index (Phi) is 3.04. The Hall–Kier alpha value is -1.82. The molecular formula is C10H11N3. The van der Waals surface area contributed by atoms with Gasteiger partial charge in [-0.05, 0) is 18.2 Å². The molecule has 0 spiro atoms. The van der Waals surface area contributed by atoms with Crippen molar-refractivity contribution in [3.63, 3.8) is 0 Å². The van der Waals surface area contributed by atoms with Crippen molar-refractivity contribution in [3.05, 3.63) is 35.8 Å². The summed E-state index contributed by atoms with van der Waals surface area (Å²) in [4.78, 5) is 5.98. The van der Waals surface area contributed by atoms with Crippen LogP contribution in [0.3, 0.4) is 0 Å². The van der Waals surface area contributed by atoms with Crippen LogP contribution in [0.1, 0.15) is 11.3 Å². The quantitative estimate of drug-likeness (QED) is 0.680. The van der Waals surface area contributed by atoms with E-state index in [0.717, 1.165) is 0 Å². The van der Waals surface area contributed by atoms with Crippen molar-refractivity contribution in [3.8, 4) is 6.07 Å². The zero-order valence-electron chi connectivity index (χ0n) is 7.73. The second-order valence-corrected chi connectivity index (χ2v) is 2.83. The molecule has 0 aromatic carbocycles. The Morgan fingerprint density at radius 2 is 2.31 bits per heavy atom. The molecule has 0 bridgehead atoms. The van der Waals surface area contributed by atoms with E-state index >= 15 is 0 Å². The average Bonchev–Trinajstić information content (AvgIpc) is 2.15. The highest BCUT2D eigenvalue weighted by molar-refractivity contribution is 5.53. The van der Waals surface area contributed by atoms with Gasteiger partial charge in [-0.2, -0.15) is 5.26 Å². The van der Waals surface area contributed by atoms with Gasteiger partial charge >= 0.3 is 0 Å². The molecule has 0 amide bonds. The van der Waals surface area contributed by atoms with Crippen LogP contribution in [0.25, 0.3) is 6.08 Å². The fourth-order valence-corrected chi connectivity index (χ4v) is 0.865. The first-order valence-electron chi connectivity index (χ1n) is 3.94. The molecule has 1 heterocycles. The molecule has 13 heavy (non-hydrogen) atoms. The third kappa shape index (κ3) is 2.60. The highest BCUT2D eigenvalue weighted by Gasteiger charge is 1.96. The summed E-state index contributed by atoms with van der Waals surface area (Å²) in [7, 11) is 3.84. The maximum absolute atomic E-state index is 8.75. The summed E-state index contributed by atoms with van der Waals surface area (Å²) in [6.07, 6.45) is 5.36. The molecule has 66 valence electrons. The molecule has 0 atom stereocenters. The number of nitrogens with zero attached hydrogens (tertiary/aromatic N) is 3. The van der Waals surface area contributed by atoms with Gasteiger partial charge in [-0.25, -0.2) is 0 Å². The van der Waals surface area contributed by atoms with Crippen LogP contribution in [0, 0.1) is 11.3 Å². The van der Waals surface area contributed by atoms with Crippen molar-refractivity contribution in [1.82, 2.24) is 9.88 Å². The second kappa shape index (κ2) is 4.27. The van der Waals surface area contributed by atoms with Crippen molar-refractivity contribution in [2.75, 3.05) is 14.1 Å². The van der Waals surface area contributed by atoms with Gasteiger partial charge < -0.3 is 4.90 Å². The normalized spacial score (nSPS) is 9.92. The molecule has 0 saturated heterocycles. The van der Waals surface area contributed by atoms with Gasteiger partial charge in [0.25, 0.3) is 0 Å². The summed E-state index contributed by atoms with van der Waals surface area (Å²) in [5, 5.41) is 8.75. The largest absolute Gasteiger partial charge is 0.383 e. The maximum atomic E-state index is 8.75. The molecule has 1 aromatic heterocycles. The first-order chi connectivity index (χ1) is 6.24. The van der Waals surface area contributed by atoms with Crippen LogP contribution < -0.4 is 0 Å². The predicted molar refractivity (Wildman–Crippen MR) is 51.7 cm³/mol. The lowest BCUT2D eigenvalue weighted by Crippen LogP contribution is -2.00. The fourth-order valence-electron chi connectivity index (χ4n) is 0.865. The standard InChI is InChI=1S/C10H11N3/c1-13(2)7-5-10-9(8-11)4-3-6-12-10/h3-7H,1-2H3. The highest BCUT2D eigenvalue weighted by atomic mass is 15.0. The Labute approximate surface area is 77.9 Å². The fraction of sp³-hybridized carbons (Fsp3) is 0.200. The Morgan fingerprint density at radius 1 is 1.54 bits per heavy atom. The number of hydrogen-bond donors (Lipinski definition) is 0. The van der Waals surface area contributed by atoms with E-state index in [9.17, 15) is 0 Å². The van der Waals surface area contributed by atoms with Crippen LogP contribution in [0.5, 0.6) is 0 Å². The number of hydrogen-bond acceptors (Lipinski definition) is 3. The lowest BCUT2D eigenvalue weighted by molar-refractivity contribution is 0.567. The van der Waals surface area contributed by atoms with E-state index in [0.29, 0.717) is 11.3 Å². The minimum Gasteiger partial charge on any atom is -0.383 e. The van der Waals surface area contributed by atoms with Crippen LogP contribution in [-0.4, -0.2) is 24.0 Å². The lowest BCUT2D eigenvalue weighted by atomic mass is 10.2. The predicted octanol–water partition coefficient (Wildman–Crippen LogP) is 1.49. The summed E-state index contributed by atoms with van der Waals surface area (Å²) in [6, 6.07) is 5.59. The number of aromatic nitrogens is 1. The van der Waals surface area contributed by atoms with Crippen LogP contribution in [-0.2, 0) is 0 Å². The van der Waals surface area contributed by atoms with Gasteiger partial charge in [0.15, 0.2) is 0 Å². The second-order valence-electron chi connectivity index (χ2n) is 2.83. The minimum atomic E-state index is 0.598. The van der Waals surface area contributed by atoms with Gasteiger partial charge in [0.2, 0.25) is 0 Å². The highest BCUT2D eigenvalue weighted by Crippen LogP contribution is 2.05. The summed E-state index contributed by atoms with van der Waals surface area (Å²) in [5.74, 6) is 0. The number of nitriles is 1. The molecule has 0 aliphatic rings. The third-order valence-corrected chi connectivity index (χ3v) is 1.49. The molecular weight excluding hydrogens is 162 g/mol. The van der Waals surface area contributed by atoms with Crippen molar-refractivity contribution in [2.45, 2.75) is 0 Å². The van der Waals surface area contributed by atoms with E-state index in [-0.39, 0.29) is 0 Å². The molecule has 3 nitrogen and oxygen atoms in total. The maximum Gasteiger partial charge on any atom is 0.101 e. The monoisotopic (exact) mass is 173 g/mol. The molecule has 1 aromatic rings. The number of rotatable bonds is 2. The Balaban J connectivity index is 2.95. The molecule has 3 heteroatoms. The van der Waals surface area contributed by atoms with Crippen molar-refractivity contribution >= 4 is 6.08 Å². The third-order valence-electron chi connectivity index (χ3n) is 1.49. The Bertz CT molecular complexity index is 347. The molecule has 0 aliphatic carbocycles. The van der Waals surface area contributed by atoms with Gasteiger partial charge in [0.05, 0.1) is 11.3 Å². The Morgan fingerprint density at radius 3 is 2.92 bits per heavy atom. The van der Waals surface area contributed by atoms with E-state index < -0.39 is 0 Å². The smallest absolute Gasteiger partial charge is 0.101 e. The zero-order chi connectivity index (χ0) is 9.68. The number of pyridine rings is 1. The van der Waals surface area contributed by atoms with Gasteiger partial charge in [-0.15, -0.1) is 0 Å². The molecule has 0 N–H and O–H groups in total. The zero-order valence-corrected chi connectivity index (χ0v) is 7.73. The summed E-state index contributed by atoms with van der Waals surface area (Å²) in [6.45, 7) is 0. The molecule has 0 fully saturated rings. The minimum absolute atomic E-state index is 0.598. The van der Waals surface area contributed by atoms with E-state index in [1.54, 1.807) is 18.3 Å². The van der Waals surface area contributed by atoms with Crippen LogP contribution in [0.4, 0.5) is 0 Å². The molecule has 1 rings (SSSR count). The van der Waals surface area contributed by atoms with Crippen LogP contribution >= 0.6 is 0 Å². The van der Waals surface area contributed by atoms with Gasteiger partial charge in [-0.3, -0.25) is 4.98 Å². The molecule has 0 radical (unpaired) electrons. The lowest BCUT2D eigenvalue weighted by Gasteiger charge is -2.03. The summed E-state index contributed by atoms with van der Waals surface area (Å²) >= 11 is 0. The SMILES string of the molecule is CN(C)C=Cc1ncccc1C#N. The average molecular weight is 173 g/mol. The van der Waals surface area contributed by atoms with Crippen LogP contribution in [0.15, 0.2) is 24.5 Å². The summed E-state index contributed by atoms with van der Waals surface area (Å²) < 4.78 is 0.